The minimum absolute atomic E-state index is 0.0121. The van der Waals surface area contributed by atoms with Crippen LogP contribution in [-0.4, -0.2) is 48.6 Å². The maximum absolute atomic E-state index is 13.0. The molecule has 1 aromatic heterocycles. The number of carbonyl (C=O) groups excluding carboxylic acids is 2. The van der Waals surface area contributed by atoms with E-state index < -0.39 is 11.6 Å². The number of halogens is 1. The van der Waals surface area contributed by atoms with Crippen LogP contribution in [0.2, 0.25) is 0 Å². The van der Waals surface area contributed by atoms with E-state index in [9.17, 15) is 14.0 Å². The molecule has 2 aromatic rings. The fourth-order valence-electron chi connectivity index (χ4n) is 2.50. The lowest BCUT2D eigenvalue weighted by Crippen LogP contribution is -2.28. The van der Waals surface area contributed by atoms with Gasteiger partial charge in [-0.1, -0.05) is 0 Å². The molecular weight excluding hydrogens is 325 g/mol. The van der Waals surface area contributed by atoms with Crippen LogP contribution in [-0.2, 0) is 0 Å². The Balaban J connectivity index is 1.78. The third kappa shape index (κ3) is 3.66. The smallest absolute Gasteiger partial charge is 0.231 e. The number of rotatable bonds is 6. The van der Waals surface area contributed by atoms with Gasteiger partial charge in [-0.3, -0.25) is 9.59 Å². The summed E-state index contributed by atoms with van der Waals surface area (Å²) in [5.41, 5.74) is 0.703. The van der Waals surface area contributed by atoms with E-state index in [0.717, 1.165) is 13.0 Å². The topological polar surface area (TPSA) is 75.4 Å². The van der Waals surface area contributed by atoms with Crippen LogP contribution in [0.25, 0.3) is 11.5 Å². The van der Waals surface area contributed by atoms with Gasteiger partial charge in [-0.15, -0.1) is 0 Å². The Morgan fingerprint density at radius 3 is 2.60 bits per heavy atom. The first-order valence-corrected chi connectivity index (χ1v) is 7.92. The van der Waals surface area contributed by atoms with Crippen molar-refractivity contribution < 1.29 is 18.4 Å². The average Bonchev–Trinajstić information content (AvgIpc) is 3.02. The maximum atomic E-state index is 13.0. The highest BCUT2D eigenvalue weighted by Crippen LogP contribution is 2.27. The molecule has 1 aliphatic rings. The van der Waals surface area contributed by atoms with Gasteiger partial charge in [0, 0.05) is 18.2 Å². The average molecular weight is 343 g/mol. The molecule has 0 aliphatic heterocycles. The van der Waals surface area contributed by atoms with E-state index in [-0.39, 0.29) is 28.8 Å². The van der Waals surface area contributed by atoms with Gasteiger partial charge in [0.25, 0.3) is 0 Å². The molecule has 0 saturated heterocycles. The first-order chi connectivity index (χ1) is 12.0. The van der Waals surface area contributed by atoms with E-state index in [0.29, 0.717) is 12.1 Å². The molecule has 0 spiro atoms. The Kier molecular flexibility index (Phi) is 4.76. The Hall–Kier alpha value is -2.80. The van der Waals surface area contributed by atoms with Gasteiger partial charge >= 0.3 is 0 Å². The predicted molar refractivity (Wildman–Crippen MR) is 89.8 cm³/mol. The molecule has 0 atom stereocenters. The van der Waals surface area contributed by atoms with Crippen LogP contribution in [0.3, 0.4) is 0 Å². The van der Waals surface area contributed by atoms with Crippen molar-refractivity contribution in [1.29, 1.82) is 0 Å². The highest BCUT2D eigenvalue weighted by atomic mass is 19.1. The predicted octanol–water partition coefficient (Wildman–Crippen LogP) is 2.28. The summed E-state index contributed by atoms with van der Waals surface area (Å²) < 4.78 is 18.5. The van der Waals surface area contributed by atoms with Crippen LogP contribution < -0.4 is 5.32 Å². The molecule has 0 fully saturated rings. The van der Waals surface area contributed by atoms with Gasteiger partial charge < -0.3 is 14.6 Å². The number of nitrogens with one attached hydrogen (secondary N) is 1. The Morgan fingerprint density at radius 1 is 1.20 bits per heavy atom. The Morgan fingerprint density at radius 2 is 1.92 bits per heavy atom. The van der Waals surface area contributed by atoms with E-state index in [4.69, 9.17) is 4.42 Å². The summed E-state index contributed by atoms with van der Waals surface area (Å²) in [5, 5.41) is 2.99. The molecule has 1 heterocycles. The van der Waals surface area contributed by atoms with Crippen molar-refractivity contribution in [2.24, 2.45) is 0 Å². The number of hydrogen-bond donors (Lipinski definition) is 1. The molecule has 7 heteroatoms. The van der Waals surface area contributed by atoms with E-state index in [2.05, 4.69) is 10.3 Å². The molecule has 1 aromatic carbocycles. The first-order valence-electron chi connectivity index (χ1n) is 7.92. The van der Waals surface area contributed by atoms with Crippen molar-refractivity contribution in [3.8, 4) is 11.5 Å². The minimum atomic E-state index is -0.412. The molecular formula is C18H18FN3O3. The number of aromatic nitrogens is 1. The summed E-state index contributed by atoms with van der Waals surface area (Å²) in [6.45, 7) is 1.44. The maximum Gasteiger partial charge on any atom is 0.231 e. The van der Waals surface area contributed by atoms with Crippen LogP contribution in [0.15, 0.2) is 40.5 Å². The molecule has 0 amide bonds. The van der Waals surface area contributed by atoms with Crippen molar-refractivity contribution in [3.05, 3.63) is 53.3 Å². The van der Waals surface area contributed by atoms with Crippen LogP contribution >= 0.6 is 0 Å². The Labute approximate surface area is 144 Å². The van der Waals surface area contributed by atoms with E-state index in [1.54, 1.807) is 0 Å². The molecule has 0 unspecified atom stereocenters. The van der Waals surface area contributed by atoms with E-state index in [1.165, 1.54) is 30.3 Å². The molecule has 0 bridgehead atoms. The lowest BCUT2D eigenvalue weighted by molar-refractivity contribution is 0.0960. The fraction of sp³-hybridized carbons (Fsp3) is 0.278. The lowest BCUT2D eigenvalue weighted by atomic mass is 10.0. The lowest BCUT2D eigenvalue weighted by Gasteiger charge is -2.13. The van der Waals surface area contributed by atoms with Crippen LogP contribution in [0.4, 0.5) is 4.39 Å². The molecule has 1 N–H and O–H groups in total. The van der Waals surface area contributed by atoms with Gasteiger partial charge in [0.15, 0.2) is 5.69 Å². The summed E-state index contributed by atoms with van der Waals surface area (Å²) in [5.74, 6) is -1.14. The van der Waals surface area contributed by atoms with Gasteiger partial charge in [-0.25, -0.2) is 9.37 Å². The second-order valence-electron chi connectivity index (χ2n) is 6.04. The number of carbonyl (C=O) groups is 2. The minimum Gasteiger partial charge on any atom is -0.432 e. The monoisotopic (exact) mass is 343 g/mol. The molecule has 6 nitrogen and oxygen atoms in total. The molecule has 0 saturated carbocycles. The number of fused-ring (bicyclic) bond motifs is 1. The van der Waals surface area contributed by atoms with Gasteiger partial charge in [0.2, 0.25) is 23.2 Å². The third-order valence-electron chi connectivity index (χ3n) is 3.77. The molecule has 1 aliphatic carbocycles. The second-order valence-corrected chi connectivity index (χ2v) is 6.04. The summed E-state index contributed by atoms with van der Waals surface area (Å²) in [4.78, 5) is 30.9. The van der Waals surface area contributed by atoms with Crippen molar-refractivity contribution in [2.45, 2.75) is 6.42 Å². The van der Waals surface area contributed by atoms with Crippen LogP contribution in [0.5, 0.6) is 0 Å². The summed E-state index contributed by atoms with van der Waals surface area (Å²) in [6, 6.07) is 5.49. The van der Waals surface area contributed by atoms with Crippen molar-refractivity contribution in [2.75, 3.05) is 27.2 Å². The second kappa shape index (κ2) is 6.98. The van der Waals surface area contributed by atoms with Crippen LogP contribution in [0.1, 0.15) is 27.5 Å². The number of nitrogens with zero attached hydrogens (tertiary/aromatic N) is 2. The third-order valence-corrected chi connectivity index (χ3v) is 3.77. The van der Waals surface area contributed by atoms with E-state index in [1.807, 2.05) is 19.0 Å². The van der Waals surface area contributed by atoms with Crippen molar-refractivity contribution in [1.82, 2.24) is 15.2 Å². The number of ketones is 2. The molecule has 25 heavy (non-hydrogen) atoms. The summed E-state index contributed by atoms with van der Waals surface area (Å²) >= 11 is 0. The highest BCUT2D eigenvalue weighted by Gasteiger charge is 2.32. The van der Waals surface area contributed by atoms with Crippen molar-refractivity contribution in [3.63, 3.8) is 0 Å². The molecule has 130 valence electrons. The number of hydrogen-bond acceptors (Lipinski definition) is 6. The number of benzene rings is 1. The summed E-state index contributed by atoms with van der Waals surface area (Å²) in [6.07, 6.45) is 2.07. The summed E-state index contributed by atoms with van der Waals surface area (Å²) in [7, 11) is 3.93. The zero-order chi connectivity index (χ0) is 18.0. The van der Waals surface area contributed by atoms with E-state index >= 15 is 0 Å². The standard InChI is InChI=1S/C18H18FN3O3/c1-22(2)9-3-8-20-13-10-14(23)17-15(16(13)24)21-18(25-17)11-4-6-12(19)7-5-11/h4-7,10,20H,3,8-9H2,1-2H3. The number of oxazole rings is 1. The largest absolute Gasteiger partial charge is 0.432 e. The van der Waals surface area contributed by atoms with Gasteiger partial charge in [-0.2, -0.15) is 0 Å². The van der Waals surface area contributed by atoms with Gasteiger partial charge in [0.1, 0.15) is 5.82 Å². The van der Waals surface area contributed by atoms with Crippen molar-refractivity contribution >= 4 is 11.6 Å². The first kappa shape index (κ1) is 17.0. The van der Waals surface area contributed by atoms with Gasteiger partial charge in [0.05, 0.1) is 5.70 Å². The Bertz CT molecular complexity index is 838. The molecule has 0 radical (unpaired) electrons. The zero-order valence-electron chi connectivity index (χ0n) is 14.0. The fourth-order valence-corrected chi connectivity index (χ4v) is 2.50. The van der Waals surface area contributed by atoms with Gasteiger partial charge in [-0.05, 0) is 51.3 Å². The quantitative estimate of drug-likeness (QED) is 0.811. The number of allylic oxidation sites excluding steroid dienone is 2. The zero-order valence-corrected chi connectivity index (χ0v) is 14.0. The number of Topliss-reactive ketones (excluding diaryl/α,β-unsaturated/α-hetero) is 1. The SMILES string of the molecule is CN(C)CCCNC1=CC(=O)c2oc(-c3ccc(F)cc3)nc2C1=O. The highest BCUT2D eigenvalue weighted by molar-refractivity contribution is 6.22. The van der Waals surface area contributed by atoms with Crippen LogP contribution in [0, 0.1) is 5.82 Å². The normalized spacial score (nSPS) is 13.8. The molecule has 3 rings (SSSR count).